The summed E-state index contributed by atoms with van der Waals surface area (Å²) in [6, 6.07) is 14.1. The molecule has 0 bridgehead atoms. The average molecular weight is 476 g/mol. The molecule has 34 heavy (non-hydrogen) atoms. The van der Waals surface area contributed by atoms with Crippen molar-refractivity contribution in [2.45, 2.75) is 13.8 Å². The Morgan fingerprint density at radius 1 is 1.12 bits per heavy atom. The number of hydrogen-bond donors (Lipinski definition) is 0. The first-order chi connectivity index (χ1) is 16.4. The highest BCUT2D eigenvalue weighted by molar-refractivity contribution is 7.15. The van der Waals surface area contributed by atoms with Crippen molar-refractivity contribution >= 4 is 22.4 Å². The minimum atomic E-state index is -0.506. The summed E-state index contributed by atoms with van der Waals surface area (Å²) in [4.78, 5) is 28.9. The van der Waals surface area contributed by atoms with Gasteiger partial charge in [0.05, 0.1) is 16.8 Å². The second kappa shape index (κ2) is 8.64. The van der Waals surface area contributed by atoms with E-state index in [2.05, 4.69) is 15.2 Å². The third-order valence-corrected chi connectivity index (χ3v) is 6.06. The molecule has 3 heterocycles. The van der Waals surface area contributed by atoms with Gasteiger partial charge in [0.25, 0.3) is 11.1 Å². The third-order valence-electron chi connectivity index (χ3n) is 5.10. The Balaban J connectivity index is 1.72. The molecule has 0 saturated carbocycles. The zero-order valence-corrected chi connectivity index (χ0v) is 19.0. The van der Waals surface area contributed by atoms with Gasteiger partial charge in [-0.3, -0.25) is 9.59 Å². The molecule has 0 radical (unpaired) electrons. The number of nitrogens with zero attached hydrogens (tertiary/aromatic N) is 5. The second-order valence-electron chi connectivity index (χ2n) is 7.40. The summed E-state index contributed by atoms with van der Waals surface area (Å²) in [5, 5.41) is 8.71. The molecule has 5 aromatic rings. The number of aromatic nitrogens is 5. The minimum Gasteiger partial charge on any atom is -0.491 e. The molecule has 8 nitrogen and oxygen atoms in total. The van der Waals surface area contributed by atoms with Gasteiger partial charge in [-0.05, 0) is 50.3 Å². The van der Waals surface area contributed by atoms with E-state index in [-0.39, 0.29) is 16.4 Å². The largest absolute Gasteiger partial charge is 0.491 e. The molecule has 170 valence electrons. The Morgan fingerprint density at radius 2 is 1.91 bits per heavy atom. The van der Waals surface area contributed by atoms with Crippen molar-refractivity contribution < 1.29 is 9.13 Å². The van der Waals surface area contributed by atoms with Crippen molar-refractivity contribution in [2.75, 3.05) is 6.61 Å². The van der Waals surface area contributed by atoms with E-state index in [1.165, 1.54) is 13.0 Å². The van der Waals surface area contributed by atoms with Crippen molar-refractivity contribution in [3.05, 3.63) is 97.0 Å². The van der Waals surface area contributed by atoms with Crippen molar-refractivity contribution in [1.82, 2.24) is 24.4 Å². The predicted molar refractivity (Wildman–Crippen MR) is 127 cm³/mol. The molecule has 0 atom stereocenters. The lowest BCUT2D eigenvalue weighted by molar-refractivity contribution is 0.321. The molecule has 0 unspecified atom stereocenters. The smallest absolute Gasteiger partial charge is 0.295 e. The number of aryl methyl sites for hydroxylation is 1. The van der Waals surface area contributed by atoms with Crippen LogP contribution in [0.2, 0.25) is 0 Å². The Hall–Kier alpha value is -4.18. The van der Waals surface area contributed by atoms with Crippen LogP contribution in [-0.4, -0.2) is 31.0 Å². The third kappa shape index (κ3) is 3.88. The molecule has 0 aliphatic rings. The van der Waals surface area contributed by atoms with E-state index in [4.69, 9.17) is 4.74 Å². The molecule has 0 fully saturated rings. The molecule has 0 amide bonds. The Morgan fingerprint density at radius 3 is 2.65 bits per heavy atom. The van der Waals surface area contributed by atoms with E-state index in [0.717, 1.165) is 21.5 Å². The lowest BCUT2D eigenvalue weighted by Gasteiger charge is -2.06. The van der Waals surface area contributed by atoms with Crippen LogP contribution in [0.25, 0.3) is 28.0 Å². The fraction of sp³-hybridized carbons (Fsp3) is 0.125. The number of fused-ring (bicyclic) bond motifs is 1. The van der Waals surface area contributed by atoms with E-state index in [9.17, 15) is 14.0 Å². The van der Waals surface area contributed by atoms with E-state index >= 15 is 0 Å². The maximum atomic E-state index is 14.6. The van der Waals surface area contributed by atoms with Gasteiger partial charge >= 0.3 is 0 Å². The van der Waals surface area contributed by atoms with E-state index in [1.54, 1.807) is 36.0 Å². The summed E-state index contributed by atoms with van der Waals surface area (Å²) in [5.74, 6) is -0.351. The van der Waals surface area contributed by atoms with Gasteiger partial charge in [-0.15, -0.1) is 0 Å². The lowest BCUT2D eigenvalue weighted by Crippen LogP contribution is -2.27. The van der Waals surface area contributed by atoms with Crippen molar-refractivity contribution in [1.29, 1.82) is 0 Å². The quantitative estimate of drug-likeness (QED) is 0.388. The number of hydrogen-bond acceptors (Lipinski definition) is 7. The Bertz CT molecular complexity index is 1690. The molecule has 2 aromatic carbocycles. The van der Waals surface area contributed by atoms with Crippen LogP contribution >= 0.6 is 11.3 Å². The molecule has 0 aliphatic carbocycles. The zero-order valence-electron chi connectivity index (χ0n) is 18.2. The second-order valence-corrected chi connectivity index (χ2v) is 8.41. The van der Waals surface area contributed by atoms with Crippen molar-refractivity contribution in [3.63, 3.8) is 0 Å². The summed E-state index contributed by atoms with van der Waals surface area (Å²) in [6.45, 7) is 3.64. The summed E-state index contributed by atoms with van der Waals surface area (Å²) in [5.41, 5.74) is 1.67. The first kappa shape index (κ1) is 21.7. The monoisotopic (exact) mass is 475 g/mol. The van der Waals surface area contributed by atoms with Crippen LogP contribution in [0.15, 0.2) is 64.3 Å². The fourth-order valence-corrected chi connectivity index (χ4v) is 4.37. The summed E-state index contributed by atoms with van der Waals surface area (Å²) >= 11 is 1.05. The number of para-hydroxylation sites is 1. The van der Waals surface area contributed by atoms with Crippen LogP contribution in [0, 0.1) is 12.7 Å². The summed E-state index contributed by atoms with van der Waals surface area (Å²) in [6.07, 6.45) is 3.41. The molecule has 0 aliphatic heterocycles. The molecule has 0 spiro atoms. The first-order valence-corrected chi connectivity index (χ1v) is 11.3. The standard InChI is InChI=1S/C24H18FN5O3S/c1-3-33-19-10-9-15(11-18(19)25)21-16(13-29(28-21)17-7-5-4-6-8-17)12-20-23(32)30-24(34-20)26-22(31)14(2)27-30/h4-13H,3H2,1-2H3. The zero-order chi connectivity index (χ0) is 23.8. The molecule has 3 aromatic heterocycles. The fourth-order valence-electron chi connectivity index (χ4n) is 3.48. The molecule has 0 N–H and O–H groups in total. The van der Waals surface area contributed by atoms with Crippen LogP contribution in [0.3, 0.4) is 0 Å². The molecule has 0 saturated heterocycles. The van der Waals surface area contributed by atoms with Crippen LogP contribution in [0.5, 0.6) is 5.75 Å². The van der Waals surface area contributed by atoms with Gasteiger partial charge in [0.15, 0.2) is 11.6 Å². The molecule has 5 rings (SSSR count). The lowest BCUT2D eigenvalue weighted by atomic mass is 10.1. The highest BCUT2D eigenvalue weighted by Gasteiger charge is 2.15. The highest BCUT2D eigenvalue weighted by Crippen LogP contribution is 2.28. The topological polar surface area (TPSA) is 91.4 Å². The van der Waals surface area contributed by atoms with Gasteiger partial charge in [0.2, 0.25) is 4.96 Å². The van der Waals surface area contributed by atoms with E-state index in [0.29, 0.717) is 28.0 Å². The van der Waals surface area contributed by atoms with Gasteiger partial charge < -0.3 is 4.74 Å². The van der Waals surface area contributed by atoms with Gasteiger partial charge in [-0.1, -0.05) is 29.5 Å². The van der Waals surface area contributed by atoms with E-state index in [1.807, 2.05) is 30.3 Å². The summed E-state index contributed by atoms with van der Waals surface area (Å²) in [7, 11) is 0. The SMILES string of the molecule is CCOc1ccc(-c2nn(-c3ccccc3)cc2C=c2sc3nc(=O)c(C)nn3c2=O)cc1F. The number of benzene rings is 2. The normalized spacial score (nSPS) is 11.9. The van der Waals surface area contributed by atoms with Gasteiger partial charge in [-0.25, -0.2) is 9.07 Å². The maximum Gasteiger partial charge on any atom is 0.295 e. The Kier molecular flexibility index (Phi) is 5.50. The Labute approximate surface area is 196 Å². The van der Waals surface area contributed by atoms with Gasteiger partial charge in [0, 0.05) is 17.3 Å². The van der Waals surface area contributed by atoms with Gasteiger partial charge in [-0.2, -0.15) is 19.7 Å². The minimum absolute atomic E-state index is 0.140. The van der Waals surface area contributed by atoms with Crippen molar-refractivity contribution in [2.24, 2.45) is 0 Å². The molecule has 10 heteroatoms. The number of thiazole rings is 1. The molecular weight excluding hydrogens is 457 g/mol. The van der Waals surface area contributed by atoms with Crippen LogP contribution in [0.1, 0.15) is 18.2 Å². The number of ether oxygens (including phenoxy) is 1. The van der Waals surface area contributed by atoms with Crippen LogP contribution in [0.4, 0.5) is 4.39 Å². The average Bonchev–Trinajstić information content (AvgIpc) is 3.38. The van der Waals surface area contributed by atoms with Crippen LogP contribution < -0.4 is 20.4 Å². The predicted octanol–water partition coefficient (Wildman–Crippen LogP) is 2.76. The summed E-state index contributed by atoms with van der Waals surface area (Å²) < 4.78 is 23.0. The van der Waals surface area contributed by atoms with Crippen LogP contribution in [-0.2, 0) is 0 Å². The number of rotatable bonds is 5. The maximum absolute atomic E-state index is 14.6. The van der Waals surface area contributed by atoms with Crippen molar-refractivity contribution in [3.8, 4) is 22.7 Å². The van der Waals surface area contributed by atoms with E-state index < -0.39 is 16.9 Å². The van der Waals surface area contributed by atoms with Gasteiger partial charge in [0.1, 0.15) is 11.4 Å². The molecular formula is C24H18FN5O3S. The highest BCUT2D eigenvalue weighted by atomic mass is 32.1. The first-order valence-electron chi connectivity index (χ1n) is 10.4. The number of halogens is 1.